The SMILES string of the molecule is C[C@H]1CN(c2ccc3cc(-c4ccc(N(C)C)nc4)c(=O)oc3c2)CCN1. The van der Waals surface area contributed by atoms with E-state index in [9.17, 15) is 4.79 Å². The second-order valence-electron chi connectivity index (χ2n) is 7.27. The quantitative estimate of drug-likeness (QED) is 0.721. The summed E-state index contributed by atoms with van der Waals surface area (Å²) in [5.74, 6) is 0.846. The summed E-state index contributed by atoms with van der Waals surface area (Å²) in [7, 11) is 3.87. The molecule has 0 saturated carbocycles. The highest BCUT2D eigenvalue weighted by Gasteiger charge is 2.17. The van der Waals surface area contributed by atoms with Crippen molar-refractivity contribution in [3.05, 3.63) is 53.0 Å². The molecule has 3 aromatic rings. The lowest BCUT2D eigenvalue weighted by molar-refractivity contribution is 0.484. The highest BCUT2D eigenvalue weighted by Crippen LogP contribution is 2.26. The van der Waals surface area contributed by atoms with Gasteiger partial charge in [0.2, 0.25) is 0 Å². The van der Waals surface area contributed by atoms with E-state index in [4.69, 9.17) is 4.42 Å². The summed E-state index contributed by atoms with van der Waals surface area (Å²) >= 11 is 0. The zero-order valence-electron chi connectivity index (χ0n) is 15.9. The van der Waals surface area contributed by atoms with Crippen LogP contribution in [-0.2, 0) is 0 Å². The van der Waals surface area contributed by atoms with E-state index in [0.717, 1.165) is 42.1 Å². The van der Waals surface area contributed by atoms with Crippen molar-refractivity contribution in [3.8, 4) is 11.1 Å². The maximum absolute atomic E-state index is 12.6. The molecule has 0 amide bonds. The van der Waals surface area contributed by atoms with Gasteiger partial charge in [-0.05, 0) is 37.3 Å². The van der Waals surface area contributed by atoms with E-state index in [1.54, 1.807) is 6.20 Å². The number of nitrogens with one attached hydrogen (secondary N) is 1. The standard InChI is InChI=1S/C21H24N4O2/c1-14-13-25(9-8-22-14)17-6-4-15-10-18(21(26)27-19(15)11-17)16-5-7-20(23-12-16)24(2)3/h4-7,10-12,14,22H,8-9,13H2,1-3H3/t14-/m0/s1. The Balaban J connectivity index is 1.69. The van der Waals surface area contributed by atoms with Crippen LogP contribution in [0.15, 0.2) is 51.8 Å². The Morgan fingerprint density at radius 1 is 1.22 bits per heavy atom. The fraction of sp³-hybridized carbons (Fsp3) is 0.333. The van der Waals surface area contributed by atoms with Crippen LogP contribution >= 0.6 is 0 Å². The minimum Gasteiger partial charge on any atom is -0.422 e. The smallest absolute Gasteiger partial charge is 0.344 e. The minimum atomic E-state index is -0.340. The van der Waals surface area contributed by atoms with Crippen molar-refractivity contribution in [2.45, 2.75) is 13.0 Å². The lowest BCUT2D eigenvalue weighted by atomic mass is 10.1. The van der Waals surface area contributed by atoms with Crippen molar-refractivity contribution < 1.29 is 4.42 Å². The van der Waals surface area contributed by atoms with E-state index < -0.39 is 0 Å². The minimum absolute atomic E-state index is 0.340. The summed E-state index contributed by atoms with van der Waals surface area (Å²) in [6.07, 6.45) is 1.71. The molecular weight excluding hydrogens is 340 g/mol. The molecule has 0 unspecified atom stereocenters. The molecule has 0 aliphatic carbocycles. The molecule has 4 rings (SSSR count). The van der Waals surface area contributed by atoms with Gasteiger partial charge < -0.3 is 19.5 Å². The first-order valence-electron chi connectivity index (χ1n) is 9.21. The first kappa shape index (κ1) is 17.5. The summed E-state index contributed by atoms with van der Waals surface area (Å²) in [6, 6.07) is 12.2. The second-order valence-corrected chi connectivity index (χ2v) is 7.27. The number of pyridine rings is 1. The molecule has 1 N–H and O–H groups in total. The Labute approximate surface area is 158 Å². The fourth-order valence-electron chi connectivity index (χ4n) is 3.47. The van der Waals surface area contributed by atoms with Crippen molar-refractivity contribution in [2.75, 3.05) is 43.5 Å². The third kappa shape index (κ3) is 3.53. The van der Waals surface area contributed by atoms with Gasteiger partial charge in [-0.2, -0.15) is 0 Å². The van der Waals surface area contributed by atoms with Crippen LogP contribution in [0, 0.1) is 0 Å². The van der Waals surface area contributed by atoms with Crippen LogP contribution in [0.4, 0.5) is 11.5 Å². The number of fused-ring (bicyclic) bond motifs is 1. The molecule has 1 aromatic carbocycles. The first-order valence-corrected chi connectivity index (χ1v) is 9.21. The number of hydrogen-bond donors (Lipinski definition) is 1. The van der Waals surface area contributed by atoms with Crippen LogP contribution in [0.1, 0.15) is 6.92 Å². The molecule has 27 heavy (non-hydrogen) atoms. The molecular formula is C21H24N4O2. The summed E-state index contributed by atoms with van der Waals surface area (Å²) < 4.78 is 5.65. The Kier molecular flexibility index (Phi) is 4.58. The van der Waals surface area contributed by atoms with Gasteiger partial charge in [-0.3, -0.25) is 0 Å². The zero-order chi connectivity index (χ0) is 19.0. The molecule has 6 nitrogen and oxygen atoms in total. The second kappa shape index (κ2) is 7.04. The molecule has 3 heterocycles. The fourth-order valence-corrected chi connectivity index (χ4v) is 3.47. The van der Waals surface area contributed by atoms with E-state index in [-0.39, 0.29) is 5.63 Å². The topological polar surface area (TPSA) is 61.6 Å². The van der Waals surface area contributed by atoms with Crippen LogP contribution in [0.5, 0.6) is 0 Å². The Bertz CT molecular complexity index is 1010. The Morgan fingerprint density at radius 2 is 2.07 bits per heavy atom. The van der Waals surface area contributed by atoms with Gasteiger partial charge in [0.1, 0.15) is 11.4 Å². The van der Waals surface area contributed by atoms with Gasteiger partial charge in [0.25, 0.3) is 0 Å². The van der Waals surface area contributed by atoms with Gasteiger partial charge in [0, 0.05) is 68.7 Å². The Hall–Kier alpha value is -2.86. The van der Waals surface area contributed by atoms with Crippen molar-refractivity contribution in [1.29, 1.82) is 0 Å². The molecule has 0 radical (unpaired) electrons. The summed E-state index contributed by atoms with van der Waals surface area (Å²) in [6.45, 7) is 5.02. The van der Waals surface area contributed by atoms with Gasteiger partial charge in [-0.15, -0.1) is 0 Å². The molecule has 1 atom stereocenters. The zero-order valence-corrected chi connectivity index (χ0v) is 15.9. The van der Waals surface area contributed by atoms with Crippen LogP contribution in [-0.4, -0.2) is 44.8 Å². The first-order chi connectivity index (χ1) is 13.0. The average molecular weight is 364 g/mol. The number of anilines is 2. The van der Waals surface area contributed by atoms with E-state index in [2.05, 4.69) is 28.2 Å². The van der Waals surface area contributed by atoms with Gasteiger partial charge in [0.15, 0.2) is 0 Å². The molecule has 1 saturated heterocycles. The predicted octanol–water partition coefficient (Wildman–Crippen LogP) is 2.72. The van der Waals surface area contributed by atoms with Crippen LogP contribution in [0.3, 0.4) is 0 Å². The molecule has 0 bridgehead atoms. The van der Waals surface area contributed by atoms with E-state index in [1.165, 1.54) is 0 Å². The number of nitrogens with zero attached hydrogens (tertiary/aromatic N) is 3. The van der Waals surface area contributed by atoms with Crippen molar-refractivity contribution in [2.24, 2.45) is 0 Å². The summed E-state index contributed by atoms with van der Waals surface area (Å²) in [4.78, 5) is 21.2. The van der Waals surface area contributed by atoms with Crippen molar-refractivity contribution in [1.82, 2.24) is 10.3 Å². The largest absolute Gasteiger partial charge is 0.422 e. The maximum Gasteiger partial charge on any atom is 0.344 e. The molecule has 1 aliphatic rings. The van der Waals surface area contributed by atoms with E-state index >= 15 is 0 Å². The van der Waals surface area contributed by atoms with Gasteiger partial charge in [-0.1, -0.05) is 0 Å². The number of aromatic nitrogens is 1. The average Bonchev–Trinajstić information content (AvgIpc) is 2.67. The molecule has 1 aliphatic heterocycles. The molecule has 1 fully saturated rings. The third-order valence-corrected chi connectivity index (χ3v) is 4.97. The molecule has 2 aromatic heterocycles. The highest BCUT2D eigenvalue weighted by molar-refractivity contribution is 5.84. The van der Waals surface area contributed by atoms with Crippen LogP contribution < -0.4 is 20.7 Å². The van der Waals surface area contributed by atoms with Crippen molar-refractivity contribution >= 4 is 22.5 Å². The summed E-state index contributed by atoms with van der Waals surface area (Å²) in [5, 5.41) is 4.35. The van der Waals surface area contributed by atoms with E-state index in [1.807, 2.05) is 49.3 Å². The maximum atomic E-state index is 12.6. The predicted molar refractivity (Wildman–Crippen MR) is 110 cm³/mol. The van der Waals surface area contributed by atoms with Gasteiger partial charge in [-0.25, -0.2) is 9.78 Å². The monoisotopic (exact) mass is 364 g/mol. The Morgan fingerprint density at radius 3 is 2.78 bits per heavy atom. The number of piperazine rings is 1. The van der Waals surface area contributed by atoms with Crippen molar-refractivity contribution in [3.63, 3.8) is 0 Å². The van der Waals surface area contributed by atoms with E-state index in [0.29, 0.717) is 17.2 Å². The van der Waals surface area contributed by atoms with Crippen LogP contribution in [0.25, 0.3) is 22.1 Å². The number of hydrogen-bond acceptors (Lipinski definition) is 6. The molecule has 6 heteroatoms. The molecule has 0 spiro atoms. The van der Waals surface area contributed by atoms with Crippen LogP contribution in [0.2, 0.25) is 0 Å². The highest BCUT2D eigenvalue weighted by atomic mass is 16.4. The van der Waals surface area contributed by atoms with Gasteiger partial charge >= 0.3 is 5.63 Å². The lowest BCUT2D eigenvalue weighted by Gasteiger charge is -2.33. The normalized spacial score (nSPS) is 17.3. The third-order valence-electron chi connectivity index (χ3n) is 4.97. The molecule has 140 valence electrons. The number of benzene rings is 1. The summed E-state index contributed by atoms with van der Waals surface area (Å²) in [5.41, 5.74) is 2.65. The number of rotatable bonds is 3. The van der Waals surface area contributed by atoms with Gasteiger partial charge in [0.05, 0.1) is 5.56 Å². The lowest BCUT2D eigenvalue weighted by Crippen LogP contribution is -2.49.